The van der Waals surface area contributed by atoms with E-state index in [9.17, 15) is 9.59 Å². The maximum Gasteiger partial charge on any atom is 0.163 e. The van der Waals surface area contributed by atoms with E-state index in [0.717, 1.165) is 24.8 Å². The highest BCUT2D eigenvalue weighted by atomic mass is 35.5. The third-order valence-corrected chi connectivity index (χ3v) is 5.14. The Bertz CT molecular complexity index is 706. The third kappa shape index (κ3) is 3.93. The molecule has 0 amide bonds. The molecule has 1 fully saturated rings. The van der Waals surface area contributed by atoms with Crippen LogP contribution >= 0.6 is 11.6 Å². The van der Waals surface area contributed by atoms with Crippen LogP contribution in [0.25, 0.3) is 0 Å². The van der Waals surface area contributed by atoms with Crippen LogP contribution < -0.4 is 0 Å². The molecular formula is C21H21ClO2. The molecule has 0 bridgehead atoms. The van der Waals surface area contributed by atoms with E-state index in [1.165, 1.54) is 0 Å². The van der Waals surface area contributed by atoms with E-state index in [1.807, 2.05) is 54.6 Å². The summed E-state index contributed by atoms with van der Waals surface area (Å²) in [6.45, 7) is 0. The fourth-order valence-electron chi connectivity index (χ4n) is 3.58. The molecule has 3 rings (SSSR count). The highest BCUT2D eigenvalue weighted by molar-refractivity contribution is 6.30. The van der Waals surface area contributed by atoms with Gasteiger partial charge in [0, 0.05) is 35.3 Å². The predicted molar refractivity (Wildman–Crippen MR) is 96.5 cm³/mol. The third-order valence-electron chi connectivity index (χ3n) is 4.89. The van der Waals surface area contributed by atoms with Gasteiger partial charge < -0.3 is 0 Å². The van der Waals surface area contributed by atoms with Gasteiger partial charge in [-0.15, -0.1) is 0 Å². The van der Waals surface area contributed by atoms with Crippen LogP contribution in [0.1, 0.15) is 53.9 Å². The van der Waals surface area contributed by atoms with Crippen molar-refractivity contribution in [2.24, 2.45) is 5.92 Å². The molecule has 1 saturated carbocycles. The van der Waals surface area contributed by atoms with Crippen molar-refractivity contribution in [2.45, 2.75) is 38.0 Å². The quantitative estimate of drug-likeness (QED) is 0.677. The first-order valence-electron chi connectivity index (χ1n) is 8.51. The Labute approximate surface area is 147 Å². The van der Waals surface area contributed by atoms with Gasteiger partial charge in [-0.3, -0.25) is 9.59 Å². The minimum Gasteiger partial charge on any atom is -0.299 e. The van der Waals surface area contributed by atoms with Gasteiger partial charge in [0.05, 0.1) is 0 Å². The van der Waals surface area contributed by atoms with Crippen LogP contribution in [0.15, 0.2) is 54.6 Å². The molecule has 2 aromatic carbocycles. The van der Waals surface area contributed by atoms with Gasteiger partial charge >= 0.3 is 0 Å². The molecule has 0 heterocycles. The topological polar surface area (TPSA) is 34.1 Å². The monoisotopic (exact) mass is 340 g/mol. The molecular weight excluding hydrogens is 320 g/mol. The van der Waals surface area contributed by atoms with Gasteiger partial charge in [-0.2, -0.15) is 0 Å². The van der Waals surface area contributed by atoms with E-state index in [0.29, 0.717) is 29.2 Å². The summed E-state index contributed by atoms with van der Waals surface area (Å²) >= 11 is 6.00. The summed E-state index contributed by atoms with van der Waals surface area (Å²) in [6, 6.07) is 16.9. The molecule has 2 atom stereocenters. The molecule has 124 valence electrons. The van der Waals surface area contributed by atoms with Crippen LogP contribution in [0.5, 0.6) is 0 Å². The van der Waals surface area contributed by atoms with Crippen LogP contribution in [0.4, 0.5) is 0 Å². The number of ketones is 2. The summed E-state index contributed by atoms with van der Waals surface area (Å²) in [4.78, 5) is 25.2. The second-order valence-electron chi connectivity index (χ2n) is 6.47. The van der Waals surface area contributed by atoms with Crippen LogP contribution in [0, 0.1) is 5.92 Å². The normalized spacial score (nSPS) is 19.0. The Balaban J connectivity index is 1.88. The number of halogens is 1. The zero-order valence-corrected chi connectivity index (χ0v) is 14.3. The molecule has 24 heavy (non-hydrogen) atoms. The zero-order valence-electron chi connectivity index (χ0n) is 13.6. The van der Waals surface area contributed by atoms with Gasteiger partial charge in [-0.25, -0.2) is 0 Å². The van der Waals surface area contributed by atoms with Crippen molar-refractivity contribution in [3.8, 4) is 0 Å². The molecule has 2 nitrogen and oxygen atoms in total. The molecule has 0 unspecified atom stereocenters. The lowest BCUT2D eigenvalue weighted by Gasteiger charge is -2.29. The van der Waals surface area contributed by atoms with E-state index >= 15 is 0 Å². The summed E-state index contributed by atoms with van der Waals surface area (Å²) in [5.74, 6) is 0.256. The number of hydrogen-bond donors (Lipinski definition) is 0. The Kier molecular flexibility index (Phi) is 5.47. The first kappa shape index (κ1) is 16.9. The average molecular weight is 341 g/mol. The average Bonchev–Trinajstić information content (AvgIpc) is 2.62. The van der Waals surface area contributed by atoms with Crippen LogP contribution in [-0.4, -0.2) is 11.6 Å². The molecule has 1 aliphatic rings. The van der Waals surface area contributed by atoms with E-state index in [4.69, 9.17) is 11.6 Å². The van der Waals surface area contributed by atoms with Gasteiger partial charge in [0.1, 0.15) is 5.78 Å². The Morgan fingerprint density at radius 1 is 1.04 bits per heavy atom. The van der Waals surface area contributed by atoms with Gasteiger partial charge in [0.25, 0.3) is 0 Å². The summed E-state index contributed by atoms with van der Waals surface area (Å²) in [7, 11) is 0. The maximum atomic E-state index is 12.7. The summed E-state index contributed by atoms with van der Waals surface area (Å²) in [5.41, 5.74) is 1.74. The lowest BCUT2D eigenvalue weighted by atomic mass is 9.73. The highest BCUT2D eigenvalue weighted by Gasteiger charge is 2.32. The van der Waals surface area contributed by atoms with Crippen molar-refractivity contribution in [2.75, 3.05) is 0 Å². The molecule has 0 N–H and O–H groups in total. The summed E-state index contributed by atoms with van der Waals surface area (Å²) < 4.78 is 0. The Hall–Kier alpha value is -1.93. The molecule has 0 spiro atoms. The fourth-order valence-corrected chi connectivity index (χ4v) is 3.71. The van der Waals surface area contributed by atoms with Gasteiger partial charge in [-0.1, -0.05) is 60.5 Å². The maximum absolute atomic E-state index is 12.7. The predicted octanol–water partition coefficient (Wildman–Crippen LogP) is 5.46. The molecule has 0 saturated heterocycles. The van der Waals surface area contributed by atoms with E-state index in [2.05, 4.69) is 0 Å². The van der Waals surface area contributed by atoms with Crippen LogP contribution in [-0.2, 0) is 4.79 Å². The molecule has 0 radical (unpaired) electrons. The smallest absolute Gasteiger partial charge is 0.163 e. The zero-order chi connectivity index (χ0) is 16.9. The molecule has 3 heteroatoms. The van der Waals surface area contributed by atoms with Crippen molar-refractivity contribution in [3.63, 3.8) is 0 Å². The van der Waals surface area contributed by atoms with Crippen molar-refractivity contribution in [3.05, 3.63) is 70.7 Å². The van der Waals surface area contributed by atoms with E-state index < -0.39 is 0 Å². The van der Waals surface area contributed by atoms with Crippen molar-refractivity contribution in [1.82, 2.24) is 0 Å². The Morgan fingerprint density at radius 2 is 1.75 bits per heavy atom. The number of benzene rings is 2. The first-order chi connectivity index (χ1) is 11.6. The molecule has 0 aromatic heterocycles. The van der Waals surface area contributed by atoms with E-state index in [1.54, 1.807) is 0 Å². The highest BCUT2D eigenvalue weighted by Crippen LogP contribution is 2.37. The number of rotatable bonds is 5. The molecule has 2 aromatic rings. The largest absolute Gasteiger partial charge is 0.299 e. The minimum absolute atomic E-state index is 0.0624. The second kappa shape index (κ2) is 7.76. The standard InChI is InChI=1S/C21H21ClO2/c22-17-12-10-15(11-13-17)19(18-8-4-5-9-20(18)23)14-21(24)16-6-2-1-3-7-16/h1-3,6-7,10-13,18-19H,4-5,8-9,14H2/t18-,19-/m0/s1. The van der Waals surface area contributed by atoms with E-state index in [-0.39, 0.29) is 17.6 Å². The van der Waals surface area contributed by atoms with Crippen LogP contribution in [0.3, 0.4) is 0 Å². The number of Topliss-reactive ketones (excluding diaryl/α,β-unsaturated/α-hetero) is 2. The lowest BCUT2D eigenvalue weighted by Crippen LogP contribution is -2.27. The van der Waals surface area contributed by atoms with Crippen molar-refractivity contribution >= 4 is 23.2 Å². The first-order valence-corrected chi connectivity index (χ1v) is 8.89. The lowest BCUT2D eigenvalue weighted by molar-refractivity contribution is -0.125. The summed E-state index contributed by atoms with van der Waals surface area (Å²) in [5, 5.41) is 0.668. The van der Waals surface area contributed by atoms with Crippen LogP contribution in [0.2, 0.25) is 5.02 Å². The Morgan fingerprint density at radius 3 is 2.42 bits per heavy atom. The summed E-state index contributed by atoms with van der Waals surface area (Å²) in [6.07, 6.45) is 3.89. The SMILES string of the molecule is O=C(C[C@@H](c1ccc(Cl)cc1)[C@@H]1CCCCC1=O)c1ccccc1. The second-order valence-corrected chi connectivity index (χ2v) is 6.91. The van der Waals surface area contributed by atoms with Gasteiger partial charge in [0.15, 0.2) is 5.78 Å². The number of carbonyl (C=O) groups excluding carboxylic acids is 2. The van der Waals surface area contributed by atoms with Crippen molar-refractivity contribution in [1.29, 1.82) is 0 Å². The minimum atomic E-state index is -0.0669. The number of hydrogen-bond acceptors (Lipinski definition) is 2. The fraction of sp³-hybridized carbons (Fsp3) is 0.333. The number of carbonyl (C=O) groups is 2. The van der Waals surface area contributed by atoms with Gasteiger partial charge in [0.2, 0.25) is 0 Å². The molecule has 1 aliphatic carbocycles. The van der Waals surface area contributed by atoms with Crippen molar-refractivity contribution < 1.29 is 9.59 Å². The van der Waals surface area contributed by atoms with Gasteiger partial charge in [-0.05, 0) is 30.5 Å². The molecule has 0 aliphatic heterocycles.